The van der Waals surface area contributed by atoms with Crippen LogP contribution in [-0.2, 0) is 11.2 Å². The molecule has 1 aliphatic rings. The number of nitrogens with one attached hydrogen (secondary N) is 1. The van der Waals surface area contributed by atoms with Crippen molar-refractivity contribution in [2.75, 3.05) is 31.1 Å². The Balaban J connectivity index is 1.61. The van der Waals surface area contributed by atoms with Gasteiger partial charge in [0.2, 0.25) is 5.91 Å². The smallest absolute Gasteiger partial charge is 0.352 e. The van der Waals surface area contributed by atoms with E-state index < -0.39 is 0 Å². The number of para-hydroxylation sites is 1. The third kappa shape index (κ3) is 4.81. The highest BCUT2D eigenvalue weighted by Crippen LogP contribution is 2.38. The van der Waals surface area contributed by atoms with Crippen molar-refractivity contribution >= 4 is 56.1 Å². The molecule has 1 N–H and O–H groups in total. The average molecular weight is 659 g/mol. The number of nitrogens with zero attached hydrogens (tertiary/aromatic N) is 5. The first-order valence-electron chi connectivity index (χ1n) is 13.8. The maximum absolute atomic E-state index is 14.0. The summed E-state index contributed by atoms with van der Waals surface area (Å²) in [5, 5.41) is 9.34. The molecule has 0 atom stereocenters. The molecule has 41 heavy (non-hydrogen) atoms. The molecular weight excluding hydrogens is 627 g/mol. The maximum Gasteiger partial charge on any atom is 0.354 e. The van der Waals surface area contributed by atoms with E-state index in [2.05, 4.69) is 87.4 Å². The van der Waals surface area contributed by atoms with Gasteiger partial charge >= 0.3 is 5.69 Å². The Bertz CT molecular complexity index is 1870. The predicted molar refractivity (Wildman–Crippen MR) is 173 cm³/mol. The summed E-state index contributed by atoms with van der Waals surface area (Å²) in [5.41, 5.74) is 6.70. The fourth-order valence-electron chi connectivity index (χ4n) is 5.86. The highest BCUT2D eigenvalue weighted by atomic mass is 127. The number of carbonyl (C=O) groups excluding carboxylic acids is 1. The minimum Gasteiger partial charge on any atom is -0.352 e. The van der Waals surface area contributed by atoms with E-state index in [0.717, 1.165) is 66.2 Å². The van der Waals surface area contributed by atoms with Crippen LogP contribution in [0.5, 0.6) is 0 Å². The van der Waals surface area contributed by atoms with Crippen molar-refractivity contribution in [2.45, 2.75) is 26.7 Å². The van der Waals surface area contributed by atoms with Crippen molar-refractivity contribution in [1.29, 1.82) is 0 Å². The van der Waals surface area contributed by atoms with Gasteiger partial charge in [-0.3, -0.25) is 14.5 Å². The number of aromatic amines is 1. The van der Waals surface area contributed by atoms with Gasteiger partial charge in [-0.15, -0.1) is 0 Å². The highest BCUT2D eigenvalue weighted by molar-refractivity contribution is 14.1. The number of rotatable bonds is 6. The van der Waals surface area contributed by atoms with Crippen molar-refractivity contribution in [2.24, 2.45) is 0 Å². The molecule has 0 aliphatic carbocycles. The molecule has 0 bridgehead atoms. The summed E-state index contributed by atoms with van der Waals surface area (Å²) in [5.74, 6) is 0.580. The zero-order valence-electron chi connectivity index (χ0n) is 23.2. The third-order valence-corrected chi connectivity index (χ3v) is 8.77. The van der Waals surface area contributed by atoms with Crippen LogP contribution in [0.25, 0.3) is 38.6 Å². The molecule has 0 unspecified atom stereocenters. The molecule has 0 saturated carbocycles. The second-order valence-electron chi connectivity index (χ2n) is 10.4. The van der Waals surface area contributed by atoms with E-state index in [1.807, 2.05) is 30.5 Å². The normalized spacial score (nSPS) is 13.7. The van der Waals surface area contributed by atoms with Crippen molar-refractivity contribution in [3.8, 4) is 16.8 Å². The first-order valence-corrected chi connectivity index (χ1v) is 14.9. The number of anilines is 1. The van der Waals surface area contributed by atoms with E-state index in [4.69, 9.17) is 0 Å². The Morgan fingerprint density at radius 1 is 1.10 bits per heavy atom. The average Bonchev–Trinajstić information content (AvgIpc) is 3.46. The van der Waals surface area contributed by atoms with E-state index in [1.165, 1.54) is 6.08 Å². The van der Waals surface area contributed by atoms with Crippen molar-refractivity contribution in [3.63, 3.8) is 0 Å². The van der Waals surface area contributed by atoms with Crippen LogP contribution in [0.2, 0.25) is 0 Å². The second kappa shape index (κ2) is 11.1. The van der Waals surface area contributed by atoms with Gasteiger partial charge in [0.05, 0.1) is 22.9 Å². The van der Waals surface area contributed by atoms with Gasteiger partial charge in [0.25, 0.3) is 0 Å². The number of amides is 1. The van der Waals surface area contributed by atoms with Gasteiger partial charge in [0.15, 0.2) is 0 Å². The van der Waals surface area contributed by atoms with Crippen LogP contribution in [-0.4, -0.2) is 56.7 Å². The minimum absolute atomic E-state index is 0.0756. The number of fused-ring (bicyclic) bond motifs is 2. The van der Waals surface area contributed by atoms with Crippen LogP contribution in [0.1, 0.15) is 24.5 Å². The molecule has 3 aromatic carbocycles. The molecule has 1 amide bonds. The number of halogens is 1. The Morgan fingerprint density at radius 3 is 2.63 bits per heavy atom. The van der Waals surface area contributed by atoms with Crippen LogP contribution < -0.4 is 10.6 Å². The monoisotopic (exact) mass is 658 g/mol. The molecule has 2 aromatic heterocycles. The summed E-state index contributed by atoms with van der Waals surface area (Å²) in [7, 11) is 0. The van der Waals surface area contributed by atoms with Gasteiger partial charge in [-0.2, -0.15) is 10.1 Å². The standard InChI is InChI=1S/C32H31IN6O2/c1-4-8-21-9-6-7-10-27(21)39-28-18-22(30-20(3)11-12-26-24(30)19-34-36-26)25(33)17-23(28)31(35-32(39)41)38-15-13-37(14-16-38)29(40)5-2/h5-7,9-12,17-19H,2,4,8,13-16H2,1,3H3,(H,34,36). The van der Waals surface area contributed by atoms with Crippen LogP contribution in [0, 0.1) is 10.5 Å². The molecule has 9 heteroatoms. The molecule has 8 nitrogen and oxygen atoms in total. The topological polar surface area (TPSA) is 87.1 Å². The summed E-state index contributed by atoms with van der Waals surface area (Å²) in [6, 6.07) is 16.5. The lowest BCUT2D eigenvalue weighted by atomic mass is 9.96. The Morgan fingerprint density at radius 2 is 1.88 bits per heavy atom. The van der Waals surface area contributed by atoms with Gasteiger partial charge < -0.3 is 9.80 Å². The van der Waals surface area contributed by atoms with Crippen molar-refractivity contribution in [1.82, 2.24) is 24.6 Å². The van der Waals surface area contributed by atoms with Gasteiger partial charge in [-0.05, 0) is 88.5 Å². The summed E-state index contributed by atoms with van der Waals surface area (Å²) in [6.45, 7) is 10.1. The number of aromatic nitrogens is 4. The summed E-state index contributed by atoms with van der Waals surface area (Å²) in [4.78, 5) is 34.8. The Hall–Kier alpha value is -3.99. The Kier molecular flexibility index (Phi) is 7.37. The fourth-order valence-corrected chi connectivity index (χ4v) is 6.59. The number of hydrogen-bond donors (Lipinski definition) is 1. The Labute approximate surface area is 251 Å². The summed E-state index contributed by atoms with van der Waals surface area (Å²) >= 11 is 2.39. The molecule has 0 radical (unpaired) electrons. The minimum atomic E-state index is -0.314. The lowest BCUT2D eigenvalue weighted by molar-refractivity contribution is -0.126. The molecular formula is C32H31IN6O2. The predicted octanol–water partition coefficient (Wildman–Crippen LogP) is 5.63. The number of hydrogen-bond acceptors (Lipinski definition) is 5. The molecule has 0 spiro atoms. The quantitative estimate of drug-likeness (QED) is 0.189. The summed E-state index contributed by atoms with van der Waals surface area (Å²) < 4.78 is 2.83. The van der Waals surface area contributed by atoms with E-state index >= 15 is 0 Å². The van der Waals surface area contributed by atoms with Gasteiger partial charge in [-0.25, -0.2) is 4.79 Å². The van der Waals surface area contributed by atoms with E-state index in [0.29, 0.717) is 32.0 Å². The molecule has 1 saturated heterocycles. The molecule has 208 valence electrons. The maximum atomic E-state index is 14.0. The zero-order chi connectivity index (χ0) is 28.7. The van der Waals surface area contributed by atoms with E-state index in [9.17, 15) is 9.59 Å². The number of benzene rings is 3. The second-order valence-corrected chi connectivity index (χ2v) is 11.5. The van der Waals surface area contributed by atoms with Gasteiger partial charge in [0.1, 0.15) is 5.82 Å². The summed E-state index contributed by atoms with van der Waals surface area (Å²) in [6.07, 6.45) is 5.04. The highest BCUT2D eigenvalue weighted by Gasteiger charge is 2.25. The number of aryl methyl sites for hydroxylation is 2. The van der Waals surface area contributed by atoms with E-state index in [1.54, 1.807) is 9.47 Å². The van der Waals surface area contributed by atoms with E-state index in [-0.39, 0.29) is 11.6 Å². The lowest BCUT2D eigenvalue weighted by Gasteiger charge is -2.35. The number of H-pyrrole nitrogens is 1. The fraction of sp³-hybridized carbons (Fsp3) is 0.250. The van der Waals surface area contributed by atoms with Crippen molar-refractivity contribution in [3.05, 3.63) is 92.6 Å². The van der Waals surface area contributed by atoms with Gasteiger partial charge in [-0.1, -0.05) is 44.2 Å². The van der Waals surface area contributed by atoms with Crippen LogP contribution in [0.3, 0.4) is 0 Å². The third-order valence-electron chi connectivity index (χ3n) is 7.88. The largest absolute Gasteiger partial charge is 0.354 e. The van der Waals surface area contributed by atoms with Crippen LogP contribution in [0.4, 0.5) is 5.82 Å². The zero-order valence-corrected chi connectivity index (χ0v) is 25.3. The van der Waals surface area contributed by atoms with Gasteiger partial charge in [0, 0.05) is 40.5 Å². The first kappa shape index (κ1) is 27.2. The number of carbonyl (C=O) groups is 1. The first-order chi connectivity index (χ1) is 19.9. The van der Waals surface area contributed by atoms with Crippen LogP contribution >= 0.6 is 22.6 Å². The molecule has 6 rings (SSSR count). The molecule has 3 heterocycles. The van der Waals surface area contributed by atoms with Crippen LogP contribution in [0.15, 0.2) is 72.2 Å². The molecule has 1 fully saturated rings. The van der Waals surface area contributed by atoms with Crippen molar-refractivity contribution < 1.29 is 4.79 Å². The number of piperazine rings is 1. The molecule has 1 aliphatic heterocycles. The lowest BCUT2D eigenvalue weighted by Crippen LogP contribution is -2.49. The SMILES string of the molecule is C=CC(=O)N1CCN(c2nc(=O)n(-c3ccccc3CCC)c3cc(-c4c(C)ccc5[nH]ncc45)c(I)cc23)CC1. The molecule has 5 aromatic rings.